The molecule has 0 aromatic carbocycles. The first kappa shape index (κ1) is 14.8. The molecule has 1 aromatic rings. The van der Waals surface area contributed by atoms with Crippen LogP contribution in [0.3, 0.4) is 0 Å². The maximum atomic E-state index is 12.5. The number of amides is 2. The average Bonchev–Trinajstić information content (AvgIpc) is 2.76. The van der Waals surface area contributed by atoms with Gasteiger partial charge in [0.05, 0.1) is 5.56 Å². The Balaban J connectivity index is 1.68. The van der Waals surface area contributed by atoms with Gasteiger partial charge in [0.15, 0.2) is 0 Å². The molecule has 2 saturated heterocycles. The molecule has 3 heterocycles. The molecular formula is C16H21N3O3. The second-order valence-electron chi connectivity index (χ2n) is 6.59. The first-order valence-electron chi connectivity index (χ1n) is 7.60. The van der Waals surface area contributed by atoms with E-state index >= 15 is 0 Å². The van der Waals surface area contributed by atoms with Gasteiger partial charge in [-0.2, -0.15) is 0 Å². The van der Waals surface area contributed by atoms with E-state index in [0.717, 1.165) is 19.4 Å². The number of aromatic nitrogens is 1. The van der Waals surface area contributed by atoms with Crippen molar-refractivity contribution in [2.75, 3.05) is 26.7 Å². The van der Waals surface area contributed by atoms with E-state index in [-0.39, 0.29) is 22.8 Å². The number of carbonyl (C=O) groups excluding carboxylic acids is 2. The highest BCUT2D eigenvalue weighted by Gasteiger charge is 2.44. The summed E-state index contributed by atoms with van der Waals surface area (Å²) in [5, 5.41) is 0. The summed E-state index contributed by atoms with van der Waals surface area (Å²) in [5.41, 5.74) is 0.464. The summed E-state index contributed by atoms with van der Waals surface area (Å²) in [6.45, 7) is 2.14. The van der Waals surface area contributed by atoms with Crippen molar-refractivity contribution >= 4 is 11.8 Å². The zero-order chi connectivity index (χ0) is 15.9. The van der Waals surface area contributed by atoms with Crippen molar-refractivity contribution in [2.24, 2.45) is 12.5 Å². The molecule has 2 aliphatic rings. The molecule has 6 nitrogen and oxygen atoms in total. The molecule has 0 aliphatic carbocycles. The van der Waals surface area contributed by atoms with Crippen molar-refractivity contribution in [3.63, 3.8) is 0 Å². The summed E-state index contributed by atoms with van der Waals surface area (Å²) in [6.07, 6.45) is 3.91. The minimum atomic E-state index is -0.123. The van der Waals surface area contributed by atoms with E-state index in [2.05, 4.69) is 0 Å². The fraction of sp³-hybridized carbons (Fsp3) is 0.562. The van der Waals surface area contributed by atoms with Gasteiger partial charge in [-0.1, -0.05) is 0 Å². The van der Waals surface area contributed by atoms with E-state index in [1.165, 1.54) is 10.6 Å². The van der Waals surface area contributed by atoms with Gasteiger partial charge < -0.3 is 14.4 Å². The summed E-state index contributed by atoms with van der Waals surface area (Å²) in [4.78, 5) is 39.3. The molecule has 1 spiro atoms. The van der Waals surface area contributed by atoms with Crippen molar-refractivity contribution in [3.8, 4) is 0 Å². The fourth-order valence-electron chi connectivity index (χ4n) is 3.52. The average molecular weight is 303 g/mol. The van der Waals surface area contributed by atoms with E-state index < -0.39 is 0 Å². The third-order valence-electron chi connectivity index (χ3n) is 4.97. The van der Waals surface area contributed by atoms with Crippen LogP contribution in [0.25, 0.3) is 0 Å². The number of nitrogens with zero attached hydrogens (tertiary/aromatic N) is 3. The Morgan fingerprint density at radius 3 is 2.36 bits per heavy atom. The number of hydrogen-bond acceptors (Lipinski definition) is 3. The van der Waals surface area contributed by atoms with Gasteiger partial charge in [-0.05, 0) is 18.9 Å². The lowest BCUT2D eigenvalue weighted by Gasteiger charge is -2.38. The Hall–Kier alpha value is -2.11. The molecule has 6 heteroatoms. The van der Waals surface area contributed by atoms with Crippen molar-refractivity contribution < 1.29 is 9.59 Å². The third-order valence-corrected chi connectivity index (χ3v) is 4.97. The molecule has 22 heavy (non-hydrogen) atoms. The van der Waals surface area contributed by atoms with Gasteiger partial charge in [-0.25, -0.2) is 0 Å². The minimum absolute atomic E-state index is 0.0388. The monoisotopic (exact) mass is 303 g/mol. The molecule has 3 rings (SSSR count). The van der Waals surface area contributed by atoms with E-state index in [4.69, 9.17) is 0 Å². The molecule has 0 radical (unpaired) electrons. The third kappa shape index (κ3) is 2.53. The van der Waals surface area contributed by atoms with Gasteiger partial charge in [-0.15, -0.1) is 0 Å². The van der Waals surface area contributed by atoms with Crippen LogP contribution in [0, 0.1) is 5.41 Å². The Bertz CT molecular complexity index is 671. The predicted octanol–water partition coefficient (Wildman–Crippen LogP) is 0.470. The maximum Gasteiger partial charge on any atom is 0.255 e. The van der Waals surface area contributed by atoms with Gasteiger partial charge in [0.2, 0.25) is 11.5 Å². The van der Waals surface area contributed by atoms with Crippen LogP contribution >= 0.6 is 0 Å². The van der Waals surface area contributed by atoms with Crippen LogP contribution in [0.4, 0.5) is 0 Å². The van der Waals surface area contributed by atoms with Crippen LogP contribution in [0.15, 0.2) is 23.1 Å². The molecule has 118 valence electrons. The molecule has 0 N–H and O–H groups in total. The highest BCUT2D eigenvalue weighted by molar-refractivity contribution is 5.94. The highest BCUT2D eigenvalue weighted by atomic mass is 16.2. The molecule has 0 bridgehead atoms. The number of pyridine rings is 1. The van der Waals surface area contributed by atoms with E-state index in [9.17, 15) is 14.4 Å². The molecular weight excluding hydrogens is 282 g/mol. The van der Waals surface area contributed by atoms with Crippen LogP contribution in [0.1, 0.15) is 29.6 Å². The van der Waals surface area contributed by atoms with Crippen molar-refractivity contribution in [2.45, 2.75) is 19.3 Å². The summed E-state index contributed by atoms with van der Waals surface area (Å²) < 4.78 is 1.42. The van der Waals surface area contributed by atoms with Gasteiger partial charge in [0, 0.05) is 57.8 Å². The van der Waals surface area contributed by atoms with E-state index in [1.54, 1.807) is 24.2 Å². The Kier molecular flexibility index (Phi) is 3.54. The van der Waals surface area contributed by atoms with Crippen LogP contribution in [-0.2, 0) is 11.8 Å². The Morgan fingerprint density at radius 1 is 1.14 bits per heavy atom. The second-order valence-corrected chi connectivity index (χ2v) is 6.59. The second kappa shape index (κ2) is 5.26. The lowest BCUT2D eigenvalue weighted by molar-refractivity contribution is -0.126. The van der Waals surface area contributed by atoms with Crippen molar-refractivity contribution in [1.82, 2.24) is 14.4 Å². The zero-order valence-electron chi connectivity index (χ0n) is 13.0. The molecule has 0 unspecified atom stereocenters. The largest absolute Gasteiger partial charge is 0.345 e. The number of rotatable bonds is 1. The summed E-state index contributed by atoms with van der Waals surface area (Å²) in [7, 11) is 3.49. The lowest BCUT2D eigenvalue weighted by atomic mass is 9.77. The smallest absolute Gasteiger partial charge is 0.255 e. The quantitative estimate of drug-likeness (QED) is 0.757. The Morgan fingerprint density at radius 2 is 1.82 bits per heavy atom. The van der Waals surface area contributed by atoms with Crippen molar-refractivity contribution in [1.29, 1.82) is 0 Å². The van der Waals surface area contributed by atoms with Crippen LogP contribution in [0.2, 0.25) is 0 Å². The van der Waals surface area contributed by atoms with E-state index in [0.29, 0.717) is 25.1 Å². The molecule has 1 aromatic heterocycles. The standard InChI is InChI=1S/C16H21N3O3/c1-17-10-12(3-4-13(17)20)15(22)19-7-5-16(6-8-19)9-14(21)18(2)11-16/h3-4,10H,5-9,11H2,1-2H3. The summed E-state index contributed by atoms with van der Waals surface area (Å²) in [5.74, 6) is 0.168. The number of carbonyl (C=O) groups is 2. The maximum absolute atomic E-state index is 12.5. The Labute approximate surface area is 129 Å². The summed E-state index contributed by atoms with van der Waals surface area (Å²) >= 11 is 0. The topological polar surface area (TPSA) is 62.6 Å². The summed E-state index contributed by atoms with van der Waals surface area (Å²) in [6, 6.07) is 3.01. The predicted molar refractivity (Wildman–Crippen MR) is 81.5 cm³/mol. The zero-order valence-corrected chi connectivity index (χ0v) is 13.0. The molecule has 2 fully saturated rings. The van der Waals surface area contributed by atoms with Crippen LogP contribution in [0.5, 0.6) is 0 Å². The van der Waals surface area contributed by atoms with Gasteiger partial charge in [-0.3, -0.25) is 14.4 Å². The number of aryl methyl sites for hydroxylation is 1. The highest BCUT2D eigenvalue weighted by Crippen LogP contribution is 2.40. The molecule has 0 atom stereocenters. The van der Waals surface area contributed by atoms with Gasteiger partial charge >= 0.3 is 0 Å². The van der Waals surface area contributed by atoms with Gasteiger partial charge in [0.1, 0.15) is 0 Å². The number of piperidine rings is 1. The number of likely N-dealkylation sites (tertiary alicyclic amines) is 2. The van der Waals surface area contributed by atoms with Crippen molar-refractivity contribution in [3.05, 3.63) is 34.2 Å². The normalized spacial score (nSPS) is 20.7. The molecule has 2 amide bonds. The molecule has 2 aliphatic heterocycles. The first-order chi connectivity index (χ1) is 10.4. The molecule has 0 saturated carbocycles. The lowest BCUT2D eigenvalue weighted by Crippen LogP contribution is -2.44. The number of hydrogen-bond donors (Lipinski definition) is 0. The van der Waals surface area contributed by atoms with Crippen LogP contribution < -0.4 is 5.56 Å². The minimum Gasteiger partial charge on any atom is -0.345 e. The SMILES string of the molecule is CN1CC2(CCN(C(=O)c3ccc(=O)n(C)c3)CC2)CC1=O. The fourth-order valence-corrected chi connectivity index (χ4v) is 3.52. The van der Waals surface area contributed by atoms with E-state index in [1.807, 2.05) is 11.9 Å². The first-order valence-corrected chi connectivity index (χ1v) is 7.60. The van der Waals surface area contributed by atoms with Gasteiger partial charge in [0.25, 0.3) is 5.91 Å². The van der Waals surface area contributed by atoms with Crippen LogP contribution in [-0.4, -0.2) is 52.9 Å².